The summed E-state index contributed by atoms with van der Waals surface area (Å²) in [6.07, 6.45) is 6.71. The van der Waals surface area contributed by atoms with Crippen molar-refractivity contribution in [3.63, 3.8) is 0 Å². The molecule has 1 N–H and O–H groups in total. The molecular weight excluding hydrogens is 226 g/mol. The fourth-order valence-electron chi connectivity index (χ4n) is 1.72. The first-order chi connectivity index (χ1) is 8.70. The molecule has 2 aromatic heterocycles. The molecule has 96 valence electrons. The fraction of sp³-hybridized carbons (Fsp3) is 0.462. The maximum absolute atomic E-state index is 4.60. The van der Waals surface area contributed by atoms with Crippen LogP contribution in [0.1, 0.15) is 24.6 Å². The van der Waals surface area contributed by atoms with Gasteiger partial charge in [0, 0.05) is 26.0 Å². The van der Waals surface area contributed by atoms with E-state index in [0.29, 0.717) is 0 Å². The summed E-state index contributed by atoms with van der Waals surface area (Å²) >= 11 is 0. The lowest BCUT2D eigenvalue weighted by molar-refractivity contribution is 0.660. The van der Waals surface area contributed by atoms with Crippen molar-refractivity contribution in [3.05, 3.63) is 29.8 Å². The van der Waals surface area contributed by atoms with Crippen molar-refractivity contribution < 1.29 is 0 Å². The molecule has 0 aliphatic rings. The lowest BCUT2D eigenvalue weighted by Crippen LogP contribution is -2.16. The molecule has 0 unspecified atom stereocenters. The van der Waals surface area contributed by atoms with E-state index in [1.807, 2.05) is 26.4 Å². The Morgan fingerprint density at radius 1 is 1.33 bits per heavy atom. The molecule has 5 nitrogen and oxygen atoms in total. The minimum absolute atomic E-state index is 0.738. The Balaban J connectivity index is 2.20. The van der Waals surface area contributed by atoms with Crippen LogP contribution in [0.5, 0.6) is 0 Å². The number of rotatable bonds is 5. The molecule has 0 spiro atoms. The van der Waals surface area contributed by atoms with Gasteiger partial charge in [0.05, 0.1) is 17.5 Å². The van der Waals surface area contributed by atoms with E-state index in [1.54, 1.807) is 10.9 Å². The number of hydrogen-bond acceptors (Lipinski definition) is 4. The molecule has 0 amide bonds. The first-order valence-corrected chi connectivity index (χ1v) is 6.23. The minimum Gasteiger partial charge on any atom is -0.311 e. The molecule has 2 heterocycles. The normalized spacial score (nSPS) is 10.8. The first kappa shape index (κ1) is 12.7. The zero-order chi connectivity index (χ0) is 13.0. The molecule has 18 heavy (non-hydrogen) atoms. The predicted octanol–water partition coefficient (Wildman–Crippen LogP) is 1.69. The van der Waals surface area contributed by atoms with Gasteiger partial charge in [-0.3, -0.25) is 4.68 Å². The van der Waals surface area contributed by atoms with Crippen molar-refractivity contribution in [2.24, 2.45) is 7.05 Å². The quantitative estimate of drug-likeness (QED) is 0.814. The lowest BCUT2D eigenvalue weighted by Gasteiger charge is -2.07. The van der Waals surface area contributed by atoms with Gasteiger partial charge in [0.15, 0.2) is 5.82 Å². The summed E-state index contributed by atoms with van der Waals surface area (Å²) in [6, 6.07) is 0. The maximum Gasteiger partial charge on any atom is 0.162 e. The molecule has 0 radical (unpaired) electrons. The van der Waals surface area contributed by atoms with Gasteiger partial charge in [0.25, 0.3) is 0 Å². The molecule has 0 aliphatic carbocycles. The van der Waals surface area contributed by atoms with Crippen molar-refractivity contribution >= 4 is 0 Å². The number of aromatic nitrogens is 4. The van der Waals surface area contributed by atoms with Gasteiger partial charge < -0.3 is 5.32 Å². The molecular formula is C13H19N5. The Morgan fingerprint density at radius 2 is 2.17 bits per heavy atom. The molecule has 2 rings (SSSR count). The lowest BCUT2D eigenvalue weighted by atomic mass is 10.2. The molecule has 0 saturated heterocycles. The van der Waals surface area contributed by atoms with E-state index < -0.39 is 0 Å². The van der Waals surface area contributed by atoms with E-state index in [1.165, 1.54) is 0 Å². The molecule has 0 saturated carbocycles. The van der Waals surface area contributed by atoms with Gasteiger partial charge in [-0.25, -0.2) is 9.97 Å². The summed E-state index contributed by atoms with van der Waals surface area (Å²) in [4.78, 5) is 8.96. The molecule has 0 aliphatic heterocycles. The average Bonchev–Trinajstić information content (AvgIpc) is 2.78. The highest BCUT2D eigenvalue weighted by molar-refractivity contribution is 5.52. The van der Waals surface area contributed by atoms with Crippen LogP contribution in [0.15, 0.2) is 18.6 Å². The predicted molar refractivity (Wildman–Crippen MR) is 71.0 cm³/mol. The summed E-state index contributed by atoms with van der Waals surface area (Å²) in [5.41, 5.74) is 3.12. The van der Waals surface area contributed by atoms with E-state index in [9.17, 15) is 0 Å². The molecule has 0 aromatic carbocycles. The van der Waals surface area contributed by atoms with Crippen molar-refractivity contribution in [3.8, 4) is 11.4 Å². The molecule has 0 fully saturated rings. The van der Waals surface area contributed by atoms with Gasteiger partial charge in [-0.2, -0.15) is 5.10 Å². The van der Waals surface area contributed by atoms with Gasteiger partial charge in [0.2, 0.25) is 0 Å². The Hall–Kier alpha value is -1.75. The largest absolute Gasteiger partial charge is 0.311 e. The monoisotopic (exact) mass is 245 g/mol. The standard InChI is InChI=1S/C13H19N5/c1-4-5-14-8-12-10(2)6-15-13(17-12)11-7-16-18(3)9-11/h6-7,9,14H,4-5,8H2,1-3H3. The van der Waals surface area contributed by atoms with E-state index in [4.69, 9.17) is 0 Å². The first-order valence-electron chi connectivity index (χ1n) is 6.23. The summed E-state index contributed by atoms with van der Waals surface area (Å²) < 4.78 is 1.76. The second-order valence-corrected chi connectivity index (χ2v) is 4.40. The SMILES string of the molecule is CCCNCc1nc(-c2cnn(C)c2)ncc1C. The maximum atomic E-state index is 4.60. The van der Waals surface area contributed by atoms with Crippen LogP contribution in [-0.4, -0.2) is 26.3 Å². The van der Waals surface area contributed by atoms with E-state index in [2.05, 4.69) is 27.3 Å². The van der Waals surface area contributed by atoms with Crippen LogP contribution in [0, 0.1) is 6.92 Å². The molecule has 0 atom stereocenters. The van der Waals surface area contributed by atoms with Gasteiger partial charge in [-0.1, -0.05) is 6.92 Å². The van der Waals surface area contributed by atoms with Crippen LogP contribution in [0.4, 0.5) is 0 Å². The summed E-state index contributed by atoms with van der Waals surface area (Å²) in [5.74, 6) is 0.738. The van der Waals surface area contributed by atoms with E-state index in [-0.39, 0.29) is 0 Å². The van der Waals surface area contributed by atoms with Crippen LogP contribution in [0.2, 0.25) is 0 Å². The third kappa shape index (κ3) is 2.92. The van der Waals surface area contributed by atoms with Crippen molar-refractivity contribution in [1.82, 2.24) is 25.1 Å². The number of hydrogen-bond donors (Lipinski definition) is 1. The molecule has 2 aromatic rings. The minimum atomic E-state index is 0.738. The van der Waals surface area contributed by atoms with E-state index >= 15 is 0 Å². The number of nitrogens with zero attached hydrogens (tertiary/aromatic N) is 4. The second-order valence-electron chi connectivity index (χ2n) is 4.40. The smallest absolute Gasteiger partial charge is 0.162 e. The highest BCUT2D eigenvalue weighted by Gasteiger charge is 2.07. The molecule has 5 heteroatoms. The van der Waals surface area contributed by atoms with Crippen molar-refractivity contribution in [1.29, 1.82) is 0 Å². The zero-order valence-electron chi connectivity index (χ0n) is 11.1. The van der Waals surface area contributed by atoms with Crippen LogP contribution in [-0.2, 0) is 13.6 Å². The number of nitrogens with one attached hydrogen (secondary N) is 1. The second kappa shape index (κ2) is 5.73. The third-order valence-electron chi connectivity index (χ3n) is 2.76. The van der Waals surface area contributed by atoms with E-state index in [0.717, 1.165) is 42.2 Å². The van der Waals surface area contributed by atoms with Crippen LogP contribution in [0.3, 0.4) is 0 Å². The summed E-state index contributed by atoms with van der Waals surface area (Å²) in [7, 11) is 1.89. The van der Waals surface area contributed by atoms with Gasteiger partial charge in [-0.05, 0) is 25.5 Å². The Kier molecular flexibility index (Phi) is 4.04. The Labute approximate surface area is 107 Å². The fourth-order valence-corrected chi connectivity index (χ4v) is 1.72. The highest BCUT2D eigenvalue weighted by atomic mass is 15.2. The average molecular weight is 245 g/mol. The summed E-state index contributed by atoms with van der Waals surface area (Å²) in [6.45, 7) is 5.98. The van der Waals surface area contributed by atoms with Gasteiger partial charge >= 0.3 is 0 Å². The third-order valence-corrected chi connectivity index (χ3v) is 2.76. The Bertz CT molecular complexity index is 518. The zero-order valence-corrected chi connectivity index (χ0v) is 11.1. The van der Waals surface area contributed by atoms with Crippen LogP contribution >= 0.6 is 0 Å². The topological polar surface area (TPSA) is 55.6 Å². The highest BCUT2D eigenvalue weighted by Crippen LogP contribution is 2.14. The van der Waals surface area contributed by atoms with Crippen LogP contribution < -0.4 is 5.32 Å². The Morgan fingerprint density at radius 3 is 2.83 bits per heavy atom. The molecule has 0 bridgehead atoms. The van der Waals surface area contributed by atoms with Crippen molar-refractivity contribution in [2.75, 3.05) is 6.54 Å². The van der Waals surface area contributed by atoms with Gasteiger partial charge in [0.1, 0.15) is 0 Å². The summed E-state index contributed by atoms with van der Waals surface area (Å²) in [5, 5.41) is 7.51. The van der Waals surface area contributed by atoms with Gasteiger partial charge in [-0.15, -0.1) is 0 Å². The van der Waals surface area contributed by atoms with Crippen LogP contribution in [0.25, 0.3) is 11.4 Å². The van der Waals surface area contributed by atoms with Crippen molar-refractivity contribution in [2.45, 2.75) is 26.8 Å². The number of aryl methyl sites for hydroxylation is 2.